The normalized spacial score (nSPS) is 12.7. The molecule has 0 saturated carbocycles. The van der Waals surface area contributed by atoms with E-state index in [4.69, 9.17) is 0 Å². The molecule has 0 aliphatic heterocycles. The maximum Gasteiger partial charge on any atom is 0.230 e. The number of carbonyl (C=O) groups is 1. The van der Waals surface area contributed by atoms with E-state index in [0.717, 1.165) is 18.0 Å². The summed E-state index contributed by atoms with van der Waals surface area (Å²) >= 11 is 1.66. The third kappa shape index (κ3) is 4.33. The molecule has 0 aliphatic rings. The molecule has 1 N–H and O–H groups in total. The van der Waals surface area contributed by atoms with Crippen LogP contribution < -0.4 is 5.32 Å². The first-order valence-electron chi connectivity index (χ1n) is 6.32. The molecule has 102 valence electrons. The minimum atomic E-state index is -0.107. The molecule has 0 bridgehead atoms. The van der Waals surface area contributed by atoms with Gasteiger partial charge in [-0.3, -0.25) is 4.79 Å². The third-order valence-corrected chi connectivity index (χ3v) is 3.67. The van der Waals surface area contributed by atoms with Crippen molar-refractivity contribution in [2.75, 3.05) is 11.5 Å². The van der Waals surface area contributed by atoms with Gasteiger partial charge in [0.05, 0.1) is 11.8 Å². The molecule has 0 fully saturated rings. The molecule has 0 saturated heterocycles. The van der Waals surface area contributed by atoms with Crippen LogP contribution in [0.2, 0.25) is 0 Å². The zero-order valence-corrected chi connectivity index (χ0v) is 12.3. The summed E-state index contributed by atoms with van der Waals surface area (Å²) < 4.78 is 1.98. The summed E-state index contributed by atoms with van der Waals surface area (Å²) in [5.41, 5.74) is 0. The molecule has 6 heteroatoms. The first-order valence-corrected chi connectivity index (χ1v) is 7.48. The van der Waals surface area contributed by atoms with Gasteiger partial charge in [0, 0.05) is 6.04 Å². The Labute approximate surface area is 113 Å². The van der Waals surface area contributed by atoms with E-state index in [9.17, 15) is 4.79 Å². The highest BCUT2D eigenvalue weighted by atomic mass is 32.2. The van der Waals surface area contributed by atoms with E-state index in [-0.39, 0.29) is 11.9 Å². The minimum absolute atomic E-state index is 0.0549. The largest absolute Gasteiger partial charge is 0.346 e. The first-order chi connectivity index (χ1) is 8.56. The number of amides is 1. The van der Waals surface area contributed by atoms with Crippen LogP contribution in [-0.2, 0) is 4.79 Å². The van der Waals surface area contributed by atoms with Crippen molar-refractivity contribution < 1.29 is 4.79 Å². The molecule has 0 aliphatic carbocycles. The van der Waals surface area contributed by atoms with E-state index in [1.807, 2.05) is 11.5 Å². The zero-order chi connectivity index (χ0) is 13.5. The Morgan fingerprint density at radius 2 is 2.22 bits per heavy atom. The van der Waals surface area contributed by atoms with Gasteiger partial charge < -0.3 is 9.88 Å². The number of nitrogens with zero attached hydrogens (tertiary/aromatic N) is 3. The van der Waals surface area contributed by atoms with Crippen molar-refractivity contribution in [3.8, 4) is 0 Å². The Bertz CT molecular complexity index is 378. The molecule has 1 aromatic heterocycles. The molecule has 18 heavy (non-hydrogen) atoms. The highest BCUT2D eigenvalue weighted by molar-refractivity contribution is 7.99. The van der Waals surface area contributed by atoms with Gasteiger partial charge in [-0.25, -0.2) is 0 Å². The third-order valence-electron chi connectivity index (χ3n) is 2.50. The molecular formula is C12H22N4OS. The quantitative estimate of drug-likeness (QED) is 0.771. The molecule has 0 aromatic carbocycles. The Hall–Kier alpha value is -1.04. The predicted molar refractivity (Wildman–Crippen MR) is 74.6 cm³/mol. The van der Waals surface area contributed by atoms with Gasteiger partial charge in [0.2, 0.25) is 5.91 Å². The van der Waals surface area contributed by atoms with Crippen LogP contribution in [0, 0.1) is 0 Å². The van der Waals surface area contributed by atoms with Crippen LogP contribution in [0.4, 0.5) is 0 Å². The fourth-order valence-electron chi connectivity index (χ4n) is 1.62. The molecule has 1 amide bonds. The molecular weight excluding hydrogens is 248 g/mol. The Morgan fingerprint density at radius 1 is 1.50 bits per heavy atom. The fourth-order valence-corrected chi connectivity index (χ4v) is 2.32. The molecule has 1 heterocycles. The lowest BCUT2D eigenvalue weighted by Gasteiger charge is -2.16. The molecule has 0 radical (unpaired) electrons. The average Bonchev–Trinajstić information content (AvgIpc) is 2.78. The molecule has 5 nitrogen and oxygen atoms in total. The second kappa shape index (κ2) is 7.41. The Morgan fingerprint density at radius 3 is 2.83 bits per heavy atom. The van der Waals surface area contributed by atoms with Gasteiger partial charge >= 0.3 is 0 Å². The van der Waals surface area contributed by atoms with Crippen molar-refractivity contribution in [1.29, 1.82) is 0 Å². The molecule has 0 spiro atoms. The van der Waals surface area contributed by atoms with Crippen molar-refractivity contribution in [3.63, 3.8) is 0 Å². The van der Waals surface area contributed by atoms with E-state index in [0.29, 0.717) is 11.8 Å². The van der Waals surface area contributed by atoms with E-state index in [1.54, 1.807) is 18.1 Å². The molecule has 1 atom stereocenters. The van der Waals surface area contributed by atoms with Gasteiger partial charge in [-0.1, -0.05) is 6.92 Å². The SMILES string of the molecule is CCCSCC(=O)NC(C)c1nncn1C(C)C. The summed E-state index contributed by atoms with van der Waals surface area (Å²) in [4.78, 5) is 11.7. The number of hydrogen-bond donors (Lipinski definition) is 1. The summed E-state index contributed by atoms with van der Waals surface area (Å²) in [6.45, 7) is 8.18. The van der Waals surface area contributed by atoms with Crippen LogP contribution in [0.3, 0.4) is 0 Å². The second-order valence-electron chi connectivity index (χ2n) is 4.53. The van der Waals surface area contributed by atoms with Crippen molar-refractivity contribution in [2.24, 2.45) is 0 Å². The first kappa shape index (κ1) is 15.0. The summed E-state index contributed by atoms with van der Waals surface area (Å²) in [5, 5.41) is 10.9. The van der Waals surface area contributed by atoms with Crippen LogP contribution >= 0.6 is 11.8 Å². The number of carbonyl (C=O) groups excluding carboxylic acids is 1. The smallest absolute Gasteiger partial charge is 0.230 e. The Balaban J connectivity index is 2.51. The maximum atomic E-state index is 11.7. The topological polar surface area (TPSA) is 59.8 Å². The summed E-state index contributed by atoms with van der Waals surface area (Å²) in [6.07, 6.45) is 2.80. The zero-order valence-electron chi connectivity index (χ0n) is 11.5. The lowest BCUT2D eigenvalue weighted by Crippen LogP contribution is -2.30. The molecule has 1 rings (SSSR count). The van der Waals surface area contributed by atoms with E-state index >= 15 is 0 Å². The minimum Gasteiger partial charge on any atom is -0.346 e. The molecule has 1 unspecified atom stereocenters. The average molecular weight is 270 g/mol. The van der Waals surface area contributed by atoms with Gasteiger partial charge in [0.25, 0.3) is 0 Å². The lowest BCUT2D eigenvalue weighted by molar-refractivity contribution is -0.119. The number of nitrogens with one attached hydrogen (secondary N) is 1. The van der Waals surface area contributed by atoms with E-state index < -0.39 is 0 Å². The van der Waals surface area contributed by atoms with E-state index in [2.05, 4.69) is 36.3 Å². The standard InChI is InChI=1S/C12H22N4OS/c1-5-6-18-7-11(17)14-10(4)12-15-13-8-16(12)9(2)3/h8-10H,5-7H2,1-4H3,(H,14,17). The maximum absolute atomic E-state index is 11.7. The highest BCUT2D eigenvalue weighted by Gasteiger charge is 2.16. The van der Waals surface area contributed by atoms with Crippen LogP contribution in [0.5, 0.6) is 0 Å². The molecule has 1 aromatic rings. The van der Waals surface area contributed by atoms with Gasteiger partial charge in [-0.15, -0.1) is 10.2 Å². The van der Waals surface area contributed by atoms with Crippen molar-refractivity contribution in [3.05, 3.63) is 12.2 Å². The predicted octanol–water partition coefficient (Wildman–Crippen LogP) is 2.18. The number of aromatic nitrogens is 3. The van der Waals surface area contributed by atoms with E-state index in [1.165, 1.54) is 0 Å². The van der Waals surface area contributed by atoms with Gasteiger partial charge in [-0.2, -0.15) is 11.8 Å². The monoisotopic (exact) mass is 270 g/mol. The van der Waals surface area contributed by atoms with Gasteiger partial charge in [-0.05, 0) is 32.9 Å². The fraction of sp³-hybridized carbons (Fsp3) is 0.750. The van der Waals surface area contributed by atoms with Crippen LogP contribution in [0.15, 0.2) is 6.33 Å². The lowest BCUT2D eigenvalue weighted by atomic mass is 10.3. The number of hydrogen-bond acceptors (Lipinski definition) is 4. The van der Waals surface area contributed by atoms with Gasteiger partial charge in [0.1, 0.15) is 6.33 Å². The van der Waals surface area contributed by atoms with Crippen molar-refractivity contribution in [1.82, 2.24) is 20.1 Å². The summed E-state index contributed by atoms with van der Waals surface area (Å²) in [5.74, 6) is 2.39. The van der Waals surface area contributed by atoms with Crippen LogP contribution in [0.25, 0.3) is 0 Å². The number of rotatable bonds is 7. The van der Waals surface area contributed by atoms with Crippen molar-refractivity contribution in [2.45, 2.75) is 46.2 Å². The number of thioether (sulfide) groups is 1. The van der Waals surface area contributed by atoms with Crippen molar-refractivity contribution >= 4 is 17.7 Å². The second-order valence-corrected chi connectivity index (χ2v) is 5.64. The van der Waals surface area contributed by atoms with Gasteiger partial charge in [0.15, 0.2) is 5.82 Å². The Kier molecular flexibility index (Phi) is 6.18. The highest BCUT2D eigenvalue weighted by Crippen LogP contribution is 2.14. The van der Waals surface area contributed by atoms with Crippen LogP contribution in [-0.4, -0.2) is 32.2 Å². The summed E-state index contributed by atoms with van der Waals surface area (Å²) in [6, 6.07) is 0.188. The van der Waals surface area contributed by atoms with Crippen LogP contribution in [0.1, 0.15) is 52.0 Å². The summed E-state index contributed by atoms with van der Waals surface area (Å²) in [7, 11) is 0.